The van der Waals surface area contributed by atoms with Crippen molar-refractivity contribution < 1.29 is 22.0 Å². The predicted molar refractivity (Wildman–Crippen MR) is 74.2 cm³/mol. The molecule has 1 aromatic carbocycles. The Balaban J connectivity index is 3.28. The Morgan fingerprint density at radius 3 is 2.38 bits per heavy atom. The zero-order chi connectivity index (χ0) is 16.4. The van der Waals surface area contributed by atoms with Crippen molar-refractivity contribution in [2.24, 2.45) is 5.14 Å². The number of carbonyl (C=O) groups excluding carboxylic acids is 1. The summed E-state index contributed by atoms with van der Waals surface area (Å²) in [7, 11) is -4.38. The highest BCUT2D eigenvalue weighted by molar-refractivity contribution is 7.89. The largest absolute Gasteiger partial charge is 0.347 e. The van der Waals surface area contributed by atoms with Gasteiger partial charge in [-0.15, -0.1) is 0 Å². The van der Waals surface area contributed by atoms with Crippen molar-refractivity contribution >= 4 is 15.9 Å². The number of hydrogen-bond donors (Lipinski definition) is 2. The van der Waals surface area contributed by atoms with E-state index < -0.39 is 43.6 Å². The van der Waals surface area contributed by atoms with E-state index in [4.69, 9.17) is 5.14 Å². The first kappa shape index (κ1) is 17.5. The summed E-state index contributed by atoms with van der Waals surface area (Å²) < 4.78 is 50.2. The predicted octanol–water partition coefficient (Wildman–Crippen LogP) is 1.92. The van der Waals surface area contributed by atoms with Crippen LogP contribution in [0.5, 0.6) is 0 Å². The molecule has 1 amide bonds. The molecular formula is C13H18F2N2O3S. The molecule has 5 nitrogen and oxygen atoms in total. The van der Waals surface area contributed by atoms with Crippen LogP contribution in [-0.4, -0.2) is 19.9 Å². The van der Waals surface area contributed by atoms with Gasteiger partial charge < -0.3 is 5.32 Å². The second-order valence-electron chi connectivity index (χ2n) is 5.37. The van der Waals surface area contributed by atoms with Crippen LogP contribution in [0, 0.1) is 11.6 Å². The Hall–Kier alpha value is -1.54. The number of nitrogens with one attached hydrogen (secondary N) is 1. The van der Waals surface area contributed by atoms with Gasteiger partial charge in [-0.1, -0.05) is 13.3 Å². The van der Waals surface area contributed by atoms with Crippen LogP contribution in [0.15, 0.2) is 17.0 Å². The van der Waals surface area contributed by atoms with Crippen LogP contribution in [-0.2, 0) is 10.0 Å². The van der Waals surface area contributed by atoms with Crippen molar-refractivity contribution in [2.75, 3.05) is 0 Å². The fraction of sp³-hybridized carbons (Fsp3) is 0.462. The number of amides is 1. The smallest absolute Gasteiger partial charge is 0.257 e. The Labute approximate surface area is 122 Å². The maximum absolute atomic E-state index is 14.1. The first-order valence-electron chi connectivity index (χ1n) is 6.33. The third-order valence-electron chi connectivity index (χ3n) is 2.92. The van der Waals surface area contributed by atoms with Crippen LogP contribution in [0.4, 0.5) is 8.78 Å². The van der Waals surface area contributed by atoms with Gasteiger partial charge in [-0.05, 0) is 32.4 Å². The fourth-order valence-electron chi connectivity index (χ4n) is 2.02. The van der Waals surface area contributed by atoms with Crippen molar-refractivity contribution in [3.8, 4) is 0 Å². The van der Waals surface area contributed by atoms with Crippen molar-refractivity contribution in [1.29, 1.82) is 0 Å². The van der Waals surface area contributed by atoms with Crippen molar-refractivity contribution in [2.45, 2.75) is 44.0 Å². The molecule has 118 valence electrons. The Morgan fingerprint density at radius 2 is 1.90 bits per heavy atom. The summed E-state index contributed by atoms with van der Waals surface area (Å²) in [4.78, 5) is 11.1. The zero-order valence-corrected chi connectivity index (χ0v) is 12.9. The second-order valence-corrected chi connectivity index (χ2v) is 6.90. The standard InChI is InChI=1S/C13H18F2N2O3S/c1-4-7-13(2,3)17-12(18)10-8(14)5-6-9(11(10)15)21(16,19)20/h5-6H,4,7H2,1-3H3,(H,17,18)(H2,16,19,20). The first-order chi connectivity index (χ1) is 9.49. The van der Waals surface area contributed by atoms with E-state index in [0.717, 1.165) is 6.42 Å². The molecule has 0 atom stereocenters. The molecule has 0 aliphatic heterocycles. The molecule has 0 radical (unpaired) electrons. The third kappa shape index (κ3) is 4.21. The molecule has 1 rings (SSSR count). The summed E-state index contributed by atoms with van der Waals surface area (Å²) in [5, 5.41) is 7.31. The maximum Gasteiger partial charge on any atom is 0.257 e. The molecule has 0 unspecified atom stereocenters. The minimum Gasteiger partial charge on any atom is -0.347 e. The lowest BCUT2D eigenvalue weighted by Crippen LogP contribution is -2.44. The Morgan fingerprint density at radius 1 is 1.33 bits per heavy atom. The van der Waals surface area contributed by atoms with Gasteiger partial charge in [0.2, 0.25) is 10.0 Å². The minimum absolute atomic E-state index is 0.594. The summed E-state index contributed by atoms with van der Waals surface area (Å²) in [6.07, 6.45) is 1.35. The van der Waals surface area contributed by atoms with Gasteiger partial charge in [0, 0.05) is 5.54 Å². The highest BCUT2D eigenvalue weighted by Gasteiger charge is 2.28. The van der Waals surface area contributed by atoms with E-state index >= 15 is 0 Å². The van der Waals surface area contributed by atoms with Crippen molar-refractivity contribution in [3.63, 3.8) is 0 Å². The average molecular weight is 320 g/mol. The summed E-state index contributed by atoms with van der Waals surface area (Å²) in [5.41, 5.74) is -1.63. The molecule has 0 spiro atoms. The summed E-state index contributed by atoms with van der Waals surface area (Å²) in [5.74, 6) is -3.65. The summed E-state index contributed by atoms with van der Waals surface area (Å²) >= 11 is 0. The molecule has 0 saturated heterocycles. The molecule has 1 aromatic rings. The van der Waals surface area contributed by atoms with Gasteiger partial charge in [0.25, 0.3) is 5.91 Å². The molecule has 0 aromatic heterocycles. The number of hydrogen-bond acceptors (Lipinski definition) is 3. The van der Waals surface area contributed by atoms with Gasteiger partial charge in [-0.25, -0.2) is 22.3 Å². The lowest BCUT2D eigenvalue weighted by atomic mass is 9.98. The number of halogens is 2. The normalized spacial score (nSPS) is 12.3. The fourth-order valence-corrected chi connectivity index (χ4v) is 2.63. The highest BCUT2D eigenvalue weighted by Crippen LogP contribution is 2.21. The second kappa shape index (κ2) is 6.07. The Kier molecular flexibility index (Phi) is 5.06. The molecule has 0 heterocycles. The van der Waals surface area contributed by atoms with Gasteiger partial charge in [-0.2, -0.15) is 0 Å². The van der Waals surface area contributed by atoms with Gasteiger partial charge in [0.05, 0.1) is 0 Å². The summed E-state index contributed by atoms with van der Waals surface area (Å²) in [6.45, 7) is 5.30. The highest BCUT2D eigenvalue weighted by atomic mass is 32.2. The SMILES string of the molecule is CCCC(C)(C)NC(=O)c1c(F)ccc(S(N)(=O)=O)c1F. The van der Waals surface area contributed by atoms with E-state index in [9.17, 15) is 22.0 Å². The van der Waals surface area contributed by atoms with Gasteiger partial charge >= 0.3 is 0 Å². The number of rotatable bonds is 5. The lowest BCUT2D eigenvalue weighted by Gasteiger charge is -2.26. The topological polar surface area (TPSA) is 89.3 Å². The van der Waals surface area contributed by atoms with Crippen molar-refractivity contribution in [1.82, 2.24) is 5.32 Å². The molecule has 0 aliphatic rings. The molecule has 0 fully saturated rings. The number of benzene rings is 1. The Bertz CT molecular complexity index is 658. The van der Waals surface area contributed by atoms with Crippen LogP contribution >= 0.6 is 0 Å². The van der Waals surface area contributed by atoms with E-state index in [1.807, 2.05) is 6.92 Å². The van der Waals surface area contributed by atoms with Crippen LogP contribution in [0.2, 0.25) is 0 Å². The van der Waals surface area contributed by atoms with Crippen LogP contribution in [0.1, 0.15) is 44.0 Å². The van der Waals surface area contributed by atoms with Gasteiger partial charge in [0.15, 0.2) is 5.82 Å². The van der Waals surface area contributed by atoms with Crippen LogP contribution in [0.25, 0.3) is 0 Å². The van der Waals surface area contributed by atoms with E-state index in [1.54, 1.807) is 13.8 Å². The quantitative estimate of drug-likeness (QED) is 0.868. The van der Waals surface area contributed by atoms with Crippen LogP contribution in [0.3, 0.4) is 0 Å². The van der Waals surface area contributed by atoms with E-state index in [-0.39, 0.29) is 0 Å². The van der Waals surface area contributed by atoms with Crippen LogP contribution < -0.4 is 10.5 Å². The molecule has 21 heavy (non-hydrogen) atoms. The first-order valence-corrected chi connectivity index (χ1v) is 7.87. The van der Waals surface area contributed by atoms with Crippen molar-refractivity contribution in [3.05, 3.63) is 29.3 Å². The molecule has 0 bridgehead atoms. The van der Waals surface area contributed by atoms with Gasteiger partial charge in [-0.3, -0.25) is 4.79 Å². The minimum atomic E-state index is -4.38. The van der Waals surface area contributed by atoms with E-state index in [2.05, 4.69) is 5.32 Å². The molecular weight excluding hydrogens is 302 g/mol. The number of nitrogens with two attached hydrogens (primary N) is 1. The number of primary sulfonamides is 1. The maximum atomic E-state index is 14.1. The van der Waals surface area contributed by atoms with E-state index in [0.29, 0.717) is 18.6 Å². The summed E-state index contributed by atoms with van der Waals surface area (Å²) in [6, 6.07) is 1.39. The molecule has 3 N–H and O–H groups in total. The molecule has 0 saturated carbocycles. The average Bonchev–Trinajstić information content (AvgIpc) is 2.25. The number of carbonyl (C=O) groups is 1. The zero-order valence-electron chi connectivity index (χ0n) is 12.0. The van der Waals surface area contributed by atoms with Gasteiger partial charge in [0.1, 0.15) is 16.3 Å². The van der Waals surface area contributed by atoms with E-state index in [1.165, 1.54) is 0 Å². The monoisotopic (exact) mass is 320 g/mol. The molecule has 8 heteroatoms. The lowest BCUT2D eigenvalue weighted by molar-refractivity contribution is 0.0899. The third-order valence-corrected chi connectivity index (χ3v) is 3.84. The number of sulfonamides is 1. The molecule has 0 aliphatic carbocycles.